The van der Waals surface area contributed by atoms with Crippen LogP contribution in [0.15, 0.2) is 35.2 Å². The van der Waals surface area contributed by atoms with E-state index in [0.29, 0.717) is 43.4 Å². The number of likely N-dealkylation sites (tertiary alicyclic amines) is 1. The zero-order valence-corrected chi connectivity index (χ0v) is 19.9. The van der Waals surface area contributed by atoms with Crippen LogP contribution in [-0.4, -0.2) is 54.2 Å². The Balaban J connectivity index is 1.83. The average molecular weight is 472 g/mol. The second kappa shape index (κ2) is 9.97. The molecule has 0 spiro atoms. The fraction of sp³-hybridized carbons (Fsp3) is 0.440. The topological polar surface area (TPSA) is 85.3 Å². The van der Waals surface area contributed by atoms with Crippen molar-refractivity contribution in [1.29, 1.82) is 0 Å². The highest BCUT2D eigenvalue weighted by molar-refractivity contribution is 7.10. The minimum Gasteiger partial charge on any atom is -0.507 e. The summed E-state index contributed by atoms with van der Waals surface area (Å²) in [5.41, 5.74) is 1.40. The first-order chi connectivity index (χ1) is 16.0. The summed E-state index contributed by atoms with van der Waals surface area (Å²) < 4.78 is 17.1. The van der Waals surface area contributed by atoms with Crippen LogP contribution >= 0.6 is 11.3 Å². The van der Waals surface area contributed by atoms with Gasteiger partial charge in [-0.3, -0.25) is 9.59 Å². The van der Waals surface area contributed by atoms with Crippen molar-refractivity contribution in [2.24, 2.45) is 0 Å². The molecule has 4 rings (SSSR count). The first-order valence-corrected chi connectivity index (χ1v) is 12.2. The van der Waals surface area contributed by atoms with Gasteiger partial charge in [0.05, 0.1) is 36.5 Å². The molecular formula is C25H29NO6S. The standard InChI is InChI=1S/C25H29NO6S/c1-4-30-16-8-9-18(19(13-16)31-5-2)22(27)20-21(24-15(3)10-12-33-24)26(25(29)23(20)28)14-17-7-6-11-32-17/h8-10,12-13,17,21,27H,4-7,11,14H2,1-3H3/b22-20+. The lowest BCUT2D eigenvalue weighted by Gasteiger charge is -2.27. The Kier molecular flexibility index (Phi) is 7.05. The number of benzene rings is 1. The normalized spacial score (nSPS) is 22.2. The van der Waals surface area contributed by atoms with E-state index in [2.05, 4.69) is 0 Å². The van der Waals surface area contributed by atoms with E-state index in [1.807, 2.05) is 32.2 Å². The number of aliphatic hydroxyl groups excluding tert-OH is 1. The van der Waals surface area contributed by atoms with E-state index in [9.17, 15) is 14.7 Å². The summed E-state index contributed by atoms with van der Waals surface area (Å²) in [6, 6.07) is 6.35. The van der Waals surface area contributed by atoms with E-state index in [4.69, 9.17) is 14.2 Å². The molecule has 33 heavy (non-hydrogen) atoms. The van der Waals surface area contributed by atoms with Gasteiger partial charge in [0.1, 0.15) is 17.3 Å². The van der Waals surface area contributed by atoms with Crippen LogP contribution in [0.5, 0.6) is 11.5 Å². The second-order valence-electron chi connectivity index (χ2n) is 8.08. The quantitative estimate of drug-likeness (QED) is 0.348. The number of hydrogen-bond donors (Lipinski definition) is 1. The van der Waals surface area contributed by atoms with Crippen molar-refractivity contribution in [2.45, 2.75) is 45.8 Å². The van der Waals surface area contributed by atoms with E-state index >= 15 is 0 Å². The summed E-state index contributed by atoms with van der Waals surface area (Å²) in [6.45, 7) is 7.49. The third-order valence-corrected chi connectivity index (χ3v) is 7.00. The largest absolute Gasteiger partial charge is 0.507 e. The molecule has 1 aromatic heterocycles. The van der Waals surface area contributed by atoms with Gasteiger partial charge in [-0.05, 0) is 62.8 Å². The molecule has 8 heteroatoms. The Morgan fingerprint density at radius 1 is 1.21 bits per heavy atom. The molecule has 2 saturated heterocycles. The Labute approximate surface area is 197 Å². The Bertz CT molecular complexity index is 1070. The first-order valence-electron chi connectivity index (χ1n) is 11.3. The molecule has 1 aromatic carbocycles. The first kappa shape index (κ1) is 23.3. The lowest BCUT2D eigenvalue weighted by molar-refractivity contribution is -0.140. The summed E-state index contributed by atoms with van der Waals surface area (Å²) in [4.78, 5) is 28.8. The van der Waals surface area contributed by atoms with Crippen LogP contribution in [0.1, 0.15) is 48.7 Å². The fourth-order valence-corrected chi connectivity index (χ4v) is 5.43. The number of carbonyl (C=O) groups is 2. The van der Waals surface area contributed by atoms with Crippen LogP contribution in [0.25, 0.3) is 5.76 Å². The molecule has 176 valence electrons. The molecule has 0 aliphatic carbocycles. The fourth-order valence-electron chi connectivity index (χ4n) is 4.39. The Hall–Kier alpha value is -2.84. The molecule has 2 aliphatic heterocycles. The van der Waals surface area contributed by atoms with Crippen LogP contribution in [0.4, 0.5) is 0 Å². The van der Waals surface area contributed by atoms with Gasteiger partial charge in [0.25, 0.3) is 11.7 Å². The smallest absolute Gasteiger partial charge is 0.295 e. The van der Waals surface area contributed by atoms with Gasteiger partial charge in [-0.2, -0.15) is 0 Å². The number of amides is 1. The molecule has 7 nitrogen and oxygen atoms in total. The molecule has 2 aromatic rings. The number of aliphatic hydroxyl groups is 1. The van der Waals surface area contributed by atoms with E-state index in [1.54, 1.807) is 23.1 Å². The number of Topliss-reactive ketones (excluding diaryl/α,β-unsaturated/α-hetero) is 1. The number of ketones is 1. The summed E-state index contributed by atoms with van der Waals surface area (Å²) in [6.07, 6.45) is 1.66. The number of nitrogens with zero attached hydrogens (tertiary/aromatic N) is 1. The third kappa shape index (κ3) is 4.50. The van der Waals surface area contributed by atoms with Gasteiger partial charge < -0.3 is 24.2 Å². The number of hydrogen-bond acceptors (Lipinski definition) is 7. The zero-order chi connectivity index (χ0) is 23.5. The van der Waals surface area contributed by atoms with Crippen molar-refractivity contribution in [3.05, 3.63) is 51.2 Å². The lowest BCUT2D eigenvalue weighted by Crippen LogP contribution is -2.36. The van der Waals surface area contributed by atoms with Crippen LogP contribution in [-0.2, 0) is 14.3 Å². The molecule has 2 fully saturated rings. The number of carbonyl (C=O) groups excluding carboxylic acids is 2. The van der Waals surface area contributed by atoms with Crippen molar-refractivity contribution in [3.63, 3.8) is 0 Å². The zero-order valence-electron chi connectivity index (χ0n) is 19.1. The van der Waals surface area contributed by atoms with Crippen LogP contribution in [0.3, 0.4) is 0 Å². The van der Waals surface area contributed by atoms with Crippen molar-refractivity contribution in [3.8, 4) is 11.5 Å². The molecular weight excluding hydrogens is 442 g/mol. The van der Waals surface area contributed by atoms with Gasteiger partial charge in [0, 0.05) is 24.1 Å². The molecule has 0 bridgehead atoms. The molecule has 3 heterocycles. The lowest BCUT2D eigenvalue weighted by atomic mass is 9.97. The molecule has 2 unspecified atom stereocenters. The van der Waals surface area contributed by atoms with Gasteiger partial charge in [0.2, 0.25) is 0 Å². The van der Waals surface area contributed by atoms with E-state index in [-0.39, 0.29) is 17.4 Å². The minimum absolute atomic E-state index is 0.0775. The number of thiophene rings is 1. The van der Waals surface area contributed by atoms with Gasteiger partial charge in [-0.25, -0.2) is 0 Å². The van der Waals surface area contributed by atoms with Crippen molar-refractivity contribution in [2.75, 3.05) is 26.4 Å². The highest BCUT2D eigenvalue weighted by Gasteiger charge is 2.48. The molecule has 0 saturated carbocycles. The summed E-state index contributed by atoms with van der Waals surface area (Å²) >= 11 is 1.47. The van der Waals surface area contributed by atoms with Gasteiger partial charge >= 0.3 is 0 Å². The maximum atomic E-state index is 13.2. The summed E-state index contributed by atoms with van der Waals surface area (Å²) in [5.74, 6) is -0.559. The molecule has 2 aliphatic rings. The van der Waals surface area contributed by atoms with Gasteiger partial charge in [-0.15, -0.1) is 11.3 Å². The minimum atomic E-state index is -0.695. The molecule has 2 atom stereocenters. The highest BCUT2D eigenvalue weighted by atomic mass is 32.1. The highest BCUT2D eigenvalue weighted by Crippen LogP contribution is 2.44. The van der Waals surface area contributed by atoms with Crippen molar-refractivity contribution < 1.29 is 28.9 Å². The number of aryl methyl sites for hydroxylation is 1. The Morgan fingerprint density at radius 3 is 2.64 bits per heavy atom. The summed E-state index contributed by atoms with van der Waals surface area (Å²) in [7, 11) is 0. The molecule has 0 radical (unpaired) electrons. The van der Waals surface area contributed by atoms with E-state index in [1.165, 1.54) is 11.3 Å². The van der Waals surface area contributed by atoms with Crippen molar-refractivity contribution in [1.82, 2.24) is 4.90 Å². The maximum Gasteiger partial charge on any atom is 0.295 e. The number of rotatable bonds is 8. The van der Waals surface area contributed by atoms with Crippen LogP contribution in [0, 0.1) is 6.92 Å². The maximum absolute atomic E-state index is 13.2. The third-order valence-electron chi connectivity index (χ3n) is 5.93. The predicted molar refractivity (Wildman–Crippen MR) is 126 cm³/mol. The van der Waals surface area contributed by atoms with Crippen LogP contribution < -0.4 is 9.47 Å². The van der Waals surface area contributed by atoms with Gasteiger partial charge in [0.15, 0.2) is 0 Å². The van der Waals surface area contributed by atoms with Crippen LogP contribution in [0.2, 0.25) is 0 Å². The summed E-state index contributed by atoms with van der Waals surface area (Å²) in [5, 5.41) is 13.3. The van der Waals surface area contributed by atoms with Crippen molar-refractivity contribution >= 4 is 28.8 Å². The van der Waals surface area contributed by atoms with Gasteiger partial charge in [-0.1, -0.05) is 0 Å². The Morgan fingerprint density at radius 2 is 2.00 bits per heavy atom. The average Bonchev–Trinajstić information content (AvgIpc) is 3.51. The predicted octanol–water partition coefficient (Wildman–Crippen LogP) is 4.45. The van der Waals surface area contributed by atoms with E-state index in [0.717, 1.165) is 23.3 Å². The van der Waals surface area contributed by atoms with E-state index < -0.39 is 17.7 Å². The number of ether oxygens (including phenoxy) is 3. The monoisotopic (exact) mass is 471 g/mol. The second-order valence-corrected chi connectivity index (χ2v) is 9.03. The SMILES string of the molecule is CCOc1ccc(/C(O)=C2\C(=O)C(=O)N(CC3CCCO3)C2c2sccc2C)c(OCC)c1. The molecule has 1 amide bonds. The molecule has 1 N–H and O–H groups in total.